The molecule has 11 heavy (non-hydrogen) atoms. The first-order valence-corrected chi connectivity index (χ1v) is 5.31. The Bertz CT molecular complexity index is 91.0. The SMILES string of the molecule is CCC(CC)C(S)(CC)CC. The molecule has 0 nitrogen and oxygen atoms in total. The maximum atomic E-state index is 4.77. The van der Waals surface area contributed by atoms with E-state index < -0.39 is 0 Å². The molecule has 0 aromatic carbocycles. The molecule has 0 unspecified atom stereocenters. The van der Waals surface area contributed by atoms with Crippen molar-refractivity contribution in [2.24, 2.45) is 5.92 Å². The highest BCUT2D eigenvalue weighted by Gasteiger charge is 2.28. The molecule has 0 saturated heterocycles. The lowest BCUT2D eigenvalue weighted by Crippen LogP contribution is -2.29. The largest absolute Gasteiger partial charge is 0.172 e. The minimum Gasteiger partial charge on any atom is -0.172 e. The lowest BCUT2D eigenvalue weighted by atomic mass is 9.83. The van der Waals surface area contributed by atoms with Gasteiger partial charge in [-0.3, -0.25) is 0 Å². The van der Waals surface area contributed by atoms with E-state index in [1.54, 1.807) is 0 Å². The smallest absolute Gasteiger partial charge is 0.0152 e. The molecule has 0 N–H and O–H groups in total. The minimum atomic E-state index is 0.295. The third-order valence-corrected chi connectivity index (χ3v) is 3.97. The third-order valence-electron chi connectivity index (χ3n) is 2.97. The van der Waals surface area contributed by atoms with Crippen LogP contribution in [-0.2, 0) is 0 Å². The molecule has 0 aromatic rings. The van der Waals surface area contributed by atoms with Gasteiger partial charge in [-0.1, -0.05) is 40.5 Å². The van der Waals surface area contributed by atoms with Gasteiger partial charge in [0, 0.05) is 4.75 Å². The second kappa shape index (κ2) is 5.08. The summed E-state index contributed by atoms with van der Waals surface area (Å²) >= 11 is 4.77. The number of thiol groups is 1. The second-order valence-electron chi connectivity index (χ2n) is 3.32. The van der Waals surface area contributed by atoms with Crippen LogP contribution in [0.3, 0.4) is 0 Å². The van der Waals surface area contributed by atoms with E-state index in [4.69, 9.17) is 12.6 Å². The van der Waals surface area contributed by atoms with Crippen molar-refractivity contribution in [3.8, 4) is 0 Å². The highest BCUT2D eigenvalue weighted by atomic mass is 32.1. The molecule has 0 saturated carbocycles. The van der Waals surface area contributed by atoms with Crippen molar-refractivity contribution in [2.75, 3.05) is 0 Å². The molecule has 0 aliphatic heterocycles. The van der Waals surface area contributed by atoms with E-state index in [2.05, 4.69) is 27.7 Å². The Morgan fingerprint density at radius 1 is 1.00 bits per heavy atom. The Labute approximate surface area is 77.2 Å². The summed E-state index contributed by atoms with van der Waals surface area (Å²) in [5.74, 6) is 0.792. The van der Waals surface area contributed by atoms with E-state index in [9.17, 15) is 0 Å². The first-order chi connectivity index (χ1) is 5.14. The van der Waals surface area contributed by atoms with Crippen LogP contribution in [-0.4, -0.2) is 4.75 Å². The molecule has 0 heterocycles. The molecule has 0 fully saturated rings. The summed E-state index contributed by atoms with van der Waals surface area (Å²) < 4.78 is 0.295. The molecule has 0 atom stereocenters. The van der Waals surface area contributed by atoms with Crippen LogP contribution in [0.25, 0.3) is 0 Å². The molecule has 0 aliphatic carbocycles. The van der Waals surface area contributed by atoms with Gasteiger partial charge in [0.15, 0.2) is 0 Å². The molecule has 0 bridgehead atoms. The van der Waals surface area contributed by atoms with Crippen LogP contribution < -0.4 is 0 Å². The molecular formula is C10H22S. The van der Waals surface area contributed by atoms with E-state index >= 15 is 0 Å². The van der Waals surface area contributed by atoms with Crippen molar-refractivity contribution in [3.63, 3.8) is 0 Å². The first-order valence-electron chi connectivity index (χ1n) is 4.86. The van der Waals surface area contributed by atoms with Gasteiger partial charge in [0.1, 0.15) is 0 Å². The fourth-order valence-corrected chi connectivity index (χ4v) is 2.24. The van der Waals surface area contributed by atoms with Crippen LogP contribution in [0.1, 0.15) is 53.4 Å². The maximum Gasteiger partial charge on any atom is 0.0152 e. The number of rotatable bonds is 5. The monoisotopic (exact) mass is 174 g/mol. The molecule has 0 aromatic heterocycles. The molecule has 68 valence electrons. The second-order valence-corrected chi connectivity index (χ2v) is 4.21. The van der Waals surface area contributed by atoms with Crippen molar-refractivity contribution in [2.45, 2.75) is 58.1 Å². The molecule has 0 amide bonds. The van der Waals surface area contributed by atoms with Crippen LogP contribution in [0.4, 0.5) is 0 Å². The van der Waals surface area contributed by atoms with Crippen LogP contribution in [0.15, 0.2) is 0 Å². The molecule has 0 spiro atoms. The summed E-state index contributed by atoms with van der Waals surface area (Å²) in [4.78, 5) is 0. The first kappa shape index (κ1) is 11.4. The van der Waals surface area contributed by atoms with Crippen molar-refractivity contribution >= 4 is 12.6 Å². The van der Waals surface area contributed by atoms with Gasteiger partial charge in [-0.25, -0.2) is 0 Å². The third kappa shape index (κ3) is 2.70. The zero-order valence-corrected chi connectivity index (χ0v) is 9.25. The van der Waals surface area contributed by atoms with Crippen molar-refractivity contribution in [3.05, 3.63) is 0 Å². The Morgan fingerprint density at radius 2 is 1.36 bits per heavy atom. The van der Waals surface area contributed by atoms with Crippen LogP contribution in [0.2, 0.25) is 0 Å². The van der Waals surface area contributed by atoms with E-state index in [1.807, 2.05) is 0 Å². The molecule has 1 heteroatoms. The Hall–Kier alpha value is 0.350. The summed E-state index contributed by atoms with van der Waals surface area (Å²) in [5.41, 5.74) is 0. The maximum absolute atomic E-state index is 4.77. The van der Waals surface area contributed by atoms with Gasteiger partial charge >= 0.3 is 0 Å². The topological polar surface area (TPSA) is 0 Å². The van der Waals surface area contributed by atoms with Crippen molar-refractivity contribution in [1.29, 1.82) is 0 Å². The highest BCUT2D eigenvalue weighted by molar-refractivity contribution is 7.81. The Morgan fingerprint density at radius 3 is 1.45 bits per heavy atom. The van der Waals surface area contributed by atoms with Crippen LogP contribution in [0.5, 0.6) is 0 Å². The van der Waals surface area contributed by atoms with Crippen LogP contribution in [0, 0.1) is 5.92 Å². The van der Waals surface area contributed by atoms with E-state index in [0.29, 0.717) is 4.75 Å². The number of hydrogen-bond donors (Lipinski definition) is 1. The van der Waals surface area contributed by atoms with Crippen LogP contribution >= 0.6 is 12.6 Å². The minimum absolute atomic E-state index is 0.295. The summed E-state index contributed by atoms with van der Waals surface area (Å²) in [6.07, 6.45) is 4.92. The summed E-state index contributed by atoms with van der Waals surface area (Å²) in [6, 6.07) is 0. The number of hydrogen-bond acceptors (Lipinski definition) is 1. The standard InChI is InChI=1S/C10H22S/c1-5-9(6-2)10(11,7-3)8-4/h9,11H,5-8H2,1-4H3. The van der Waals surface area contributed by atoms with Gasteiger partial charge in [0.05, 0.1) is 0 Å². The predicted molar refractivity (Wildman–Crippen MR) is 56.4 cm³/mol. The Balaban J connectivity index is 4.19. The van der Waals surface area contributed by atoms with Gasteiger partial charge in [-0.15, -0.1) is 0 Å². The lowest BCUT2D eigenvalue weighted by molar-refractivity contribution is 0.338. The summed E-state index contributed by atoms with van der Waals surface area (Å²) in [5, 5.41) is 0. The summed E-state index contributed by atoms with van der Waals surface area (Å²) in [6.45, 7) is 9.03. The van der Waals surface area contributed by atoms with Gasteiger partial charge in [-0.05, 0) is 18.8 Å². The predicted octanol–water partition coefficient (Wildman–Crippen LogP) is 3.91. The van der Waals surface area contributed by atoms with Crippen molar-refractivity contribution < 1.29 is 0 Å². The fraction of sp³-hybridized carbons (Fsp3) is 1.00. The zero-order chi connectivity index (χ0) is 8.91. The van der Waals surface area contributed by atoms with E-state index in [0.717, 1.165) is 5.92 Å². The van der Waals surface area contributed by atoms with Gasteiger partial charge in [0.25, 0.3) is 0 Å². The zero-order valence-electron chi connectivity index (χ0n) is 8.35. The van der Waals surface area contributed by atoms with E-state index in [1.165, 1.54) is 25.7 Å². The van der Waals surface area contributed by atoms with Gasteiger partial charge in [-0.2, -0.15) is 12.6 Å². The van der Waals surface area contributed by atoms with Crippen molar-refractivity contribution in [1.82, 2.24) is 0 Å². The quantitative estimate of drug-likeness (QED) is 0.600. The molecule has 0 radical (unpaired) electrons. The van der Waals surface area contributed by atoms with E-state index in [-0.39, 0.29) is 0 Å². The van der Waals surface area contributed by atoms with Gasteiger partial charge < -0.3 is 0 Å². The fourth-order valence-electron chi connectivity index (χ4n) is 1.88. The normalized spacial score (nSPS) is 12.5. The molecule has 0 rings (SSSR count). The lowest BCUT2D eigenvalue weighted by Gasteiger charge is -2.34. The van der Waals surface area contributed by atoms with Gasteiger partial charge in [0.2, 0.25) is 0 Å². The molecule has 0 aliphatic rings. The summed E-state index contributed by atoms with van der Waals surface area (Å²) in [7, 11) is 0. The molecular weight excluding hydrogens is 152 g/mol. The Kier molecular flexibility index (Phi) is 5.24. The highest BCUT2D eigenvalue weighted by Crippen LogP contribution is 2.36. The average Bonchev–Trinajstić information content (AvgIpc) is 2.06. The average molecular weight is 174 g/mol.